The molecule has 1 fully saturated rings. The topological polar surface area (TPSA) is 52.6 Å². The Morgan fingerprint density at radius 3 is 2.81 bits per heavy atom. The first kappa shape index (κ1) is 16.0. The summed E-state index contributed by atoms with van der Waals surface area (Å²) in [5.74, 6) is -0.0869. The van der Waals surface area contributed by atoms with Crippen molar-refractivity contribution in [3.8, 4) is 0 Å². The van der Waals surface area contributed by atoms with E-state index in [0.29, 0.717) is 18.0 Å². The molecular formula is C15H20ClFN2O2. The largest absolute Gasteiger partial charge is 0.391 e. The second-order valence-electron chi connectivity index (χ2n) is 5.62. The van der Waals surface area contributed by atoms with Crippen LogP contribution in [0.15, 0.2) is 18.2 Å². The number of amides is 2. The summed E-state index contributed by atoms with van der Waals surface area (Å²) in [4.78, 5) is 13.5. The Balaban J connectivity index is 1.91. The molecule has 2 N–H and O–H groups in total. The Bertz CT molecular complexity index is 522. The lowest BCUT2D eigenvalue weighted by atomic mass is 10.1. The van der Waals surface area contributed by atoms with Crippen LogP contribution in [-0.4, -0.2) is 35.7 Å². The fraction of sp³-hybridized carbons (Fsp3) is 0.533. The highest BCUT2D eigenvalue weighted by molar-refractivity contribution is 6.31. The van der Waals surface area contributed by atoms with Gasteiger partial charge in [-0.1, -0.05) is 17.7 Å². The second-order valence-corrected chi connectivity index (χ2v) is 6.03. The van der Waals surface area contributed by atoms with E-state index in [4.69, 9.17) is 11.6 Å². The zero-order chi connectivity index (χ0) is 15.6. The predicted molar refractivity (Wildman–Crippen MR) is 79.7 cm³/mol. The van der Waals surface area contributed by atoms with Crippen LogP contribution >= 0.6 is 11.6 Å². The van der Waals surface area contributed by atoms with E-state index in [0.717, 1.165) is 12.8 Å². The van der Waals surface area contributed by atoms with Crippen LogP contribution in [0.1, 0.15) is 31.4 Å². The highest BCUT2D eigenvalue weighted by Gasteiger charge is 2.31. The van der Waals surface area contributed by atoms with E-state index in [2.05, 4.69) is 5.32 Å². The van der Waals surface area contributed by atoms with Gasteiger partial charge in [-0.3, -0.25) is 0 Å². The van der Waals surface area contributed by atoms with Crippen LogP contribution in [0.5, 0.6) is 0 Å². The Morgan fingerprint density at radius 1 is 1.57 bits per heavy atom. The number of halogens is 2. The summed E-state index contributed by atoms with van der Waals surface area (Å²) in [6.45, 7) is 2.09. The monoisotopic (exact) mass is 314 g/mol. The number of carbonyl (C=O) groups excluding carboxylic acids is 1. The Morgan fingerprint density at radius 2 is 2.24 bits per heavy atom. The Hall–Kier alpha value is -1.33. The Kier molecular flexibility index (Phi) is 5.06. The van der Waals surface area contributed by atoms with Crippen LogP contribution in [0.25, 0.3) is 0 Å². The van der Waals surface area contributed by atoms with Gasteiger partial charge in [0.2, 0.25) is 0 Å². The molecular weight excluding hydrogens is 295 g/mol. The van der Waals surface area contributed by atoms with Gasteiger partial charge in [0.25, 0.3) is 0 Å². The van der Waals surface area contributed by atoms with Gasteiger partial charge in [0.15, 0.2) is 0 Å². The third-order valence-corrected chi connectivity index (χ3v) is 4.07. The number of nitrogens with one attached hydrogen (secondary N) is 1. The van der Waals surface area contributed by atoms with E-state index in [1.54, 1.807) is 20.0 Å². The average molecular weight is 315 g/mol. The van der Waals surface area contributed by atoms with Crippen molar-refractivity contribution < 1.29 is 14.3 Å². The van der Waals surface area contributed by atoms with Crippen LogP contribution in [0, 0.1) is 11.7 Å². The summed E-state index contributed by atoms with van der Waals surface area (Å²) < 4.78 is 13.0. The van der Waals surface area contributed by atoms with E-state index < -0.39 is 11.9 Å². The first-order valence-corrected chi connectivity index (χ1v) is 7.41. The molecule has 0 spiro atoms. The lowest BCUT2D eigenvalue weighted by Crippen LogP contribution is -2.42. The number of nitrogens with zero attached hydrogens (tertiary/aromatic N) is 1. The smallest absolute Gasteiger partial charge is 0.317 e. The molecule has 4 nitrogen and oxygen atoms in total. The quantitative estimate of drug-likeness (QED) is 0.878. The highest BCUT2D eigenvalue weighted by Crippen LogP contribution is 2.32. The summed E-state index contributed by atoms with van der Waals surface area (Å²) >= 11 is 5.98. The highest BCUT2D eigenvalue weighted by atomic mass is 35.5. The number of carbonyl (C=O) groups is 1. The van der Waals surface area contributed by atoms with Crippen molar-refractivity contribution in [2.45, 2.75) is 31.9 Å². The number of hydrogen-bond acceptors (Lipinski definition) is 2. The molecule has 21 heavy (non-hydrogen) atoms. The molecule has 1 saturated carbocycles. The van der Waals surface area contributed by atoms with Gasteiger partial charge < -0.3 is 15.3 Å². The zero-order valence-electron chi connectivity index (χ0n) is 12.1. The number of benzene rings is 1. The summed E-state index contributed by atoms with van der Waals surface area (Å²) in [6, 6.07) is 3.46. The van der Waals surface area contributed by atoms with Crippen molar-refractivity contribution >= 4 is 17.6 Å². The molecule has 1 aromatic carbocycles. The molecule has 116 valence electrons. The van der Waals surface area contributed by atoms with Crippen LogP contribution < -0.4 is 5.32 Å². The van der Waals surface area contributed by atoms with Crippen molar-refractivity contribution in [3.63, 3.8) is 0 Å². The number of urea groups is 1. The predicted octanol–water partition coefficient (Wildman–Crippen LogP) is 2.95. The van der Waals surface area contributed by atoms with Crippen LogP contribution in [0.4, 0.5) is 9.18 Å². The third-order valence-electron chi connectivity index (χ3n) is 3.74. The first-order valence-electron chi connectivity index (χ1n) is 7.03. The van der Waals surface area contributed by atoms with Crippen molar-refractivity contribution in [2.24, 2.45) is 5.92 Å². The van der Waals surface area contributed by atoms with Crippen molar-refractivity contribution in [3.05, 3.63) is 34.6 Å². The fourth-order valence-electron chi connectivity index (χ4n) is 2.22. The van der Waals surface area contributed by atoms with Gasteiger partial charge >= 0.3 is 6.03 Å². The van der Waals surface area contributed by atoms with Crippen LogP contribution in [-0.2, 0) is 0 Å². The van der Waals surface area contributed by atoms with Crippen LogP contribution in [0.2, 0.25) is 5.02 Å². The lowest BCUT2D eigenvalue weighted by molar-refractivity contribution is 0.113. The summed E-state index contributed by atoms with van der Waals surface area (Å²) in [6.07, 6.45) is 1.58. The standard InChI is InChI=1S/C15H20ClFN2O2/c1-9(12-6-5-11(17)7-13(12)16)18-15(21)19(2)8-14(20)10-3-4-10/h5-7,9-10,14,20H,3-4,8H2,1-2H3,(H,18,21)/t9-,14+/m1/s1. The minimum absolute atomic E-state index is 0.281. The number of likely N-dealkylation sites (N-methyl/N-ethyl adjacent to an activating group) is 1. The summed E-state index contributed by atoms with van der Waals surface area (Å²) in [7, 11) is 1.64. The molecule has 2 atom stereocenters. The molecule has 0 saturated heterocycles. The molecule has 0 bridgehead atoms. The summed E-state index contributed by atoms with van der Waals surface area (Å²) in [5, 5.41) is 12.9. The van der Waals surface area contributed by atoms with E-state index in [1.807, 2.05) is 0 Å². The Labute approximate surface area is 128 Å². The van der Waals surface area contributed by atoms with E-state index >= 15 is 0 Å². The number of hydrogen-bond donors (Lipinski definition) is 2. The molecule has 2 amide bonds. The molecule has 1 aliphatic rings. The number of aliphatic hydroxyl groups is 1. The van der Waals surface area contributed by atoms with Gasteiger partial charge in [-0.2, -0.15) is 0 Å². The molecule has 0 aliphatic heterocycles. The number of rotatable bonds is 5. The zero-order valence-corrected chi connectivity index (χ0v) is 12.9. The van der Waals surface area contributed by atoms with Crippen molar-refractivity contribution in [1.29, 1.82) is 0 Å². The SMILES string of the molecule is C[C@@H](NC(=O)N(C)C[C@H](O)C1CC1)c1ccc(F)cc1Cl. The summed E-state index contributed by atoms with van der Waals surface area (Å²) in [5.41, 5.74) is 0.655. The molecule has 1 aliphatic carbocycles. The second kappa shape index (κ2) is 6.62. The maximum absolute atomic E-state index is 13.0. The molecule has 0 heterocycles. The average Bonchev–Trinajstić information content (AvgIpc) is 3.22. The maximum Gasteiger partial charge on any atom is 0.317 e. The normalized spacial score (nSPS) is 17.2. The van der Waals surface area contributed by atoms with Gasteiger partial charge in [0, 0.05) is 18.6 Å². The van der Waals surface area contributed by atoms with E-state index in [1.165, 1.54) is 17.0 Å². The van der Waals surface area contributed by atoms with Gasteiger partial charge in [0.05, 0.1) is 12.1 Å². The van der Waals surface area contributed by atoms with Gasteiger partial charge in [0.1, 0.15) is 5.82 Å². The molecule has 6 heteroatoms. The molecule has 2 rings (SSSR count). The minimum Gasteiger partial charge on any atom is -0.391 e. The fourth-order valence-corrected chi connectivity index (χ4v) is 2.55. The van der Waals surface area contributed by atoms with Crippen LogP contribution in [0.3, 0.4) is 0 Å². The minimum atomic E-state index is -0.467. The molecule has 0 aromatic heterocycles. The van der Waals surface area contributed by atoms with Gasteiger partial charge in [-0.05, 0) is 43.4 Å². The lowest BCUT2D eigenvalue weighted by Gasteiger charge is -2.24. The van der Waals surface area contributed by atoms with Gasteiger partial charge in [-0.15, -0.1) is 0 Å². The third kappa shape index (κ3) is 4.32. The molecule has 0 unspecified atom stereocenters. The molecule has 0 radical (unpaired) electrons. The molecule has 1 aromatic rings. The van der Waals surface area contributed by atoms with E-state index in [9.17, 15) is 14.3 Å². The maximum atomic E-state index is 13.0. The van der Waals surface area contributed by atoms with Crippen molar-refractivity contribution in [2.75, 3.05) is 13.6 Å². The van der Waals surface area contributed by atoms with Crippen molar-refractivity contribution in [1.82, 2.24) is 10.2 Å². The number of aliphatic hydroxyl groups excluding tert-OH is 1. The van der Waals surface area contributed by atoms with E-state index in [-0.39, 0.29) is 17.1 Å². The van der Waals surface area contributed by atoms with Gasteiger partial charge in [-0.25, -0.2) is 9.18 Å². The first-order chi connectivity index (χ1) is 9.88.